The minimum absolute atomic E-state index is 0.0743. The highest BCUT2D eigenvalue weighted by atomic mass is 16.1. The zero-order chi connectivity index (χ0) is 12.1. The second-order valence-electron chi connectivity index (χ2n) is 4.52. The molecule has 1 atom stereocenters. The Morgan fingerprint density at radius 1 is 1.59 bits per heavy atom. The monoisotopic (exact) mass is 236 g/mol. The van der Waals surface area contributed by atoms with E-state index in [1.54, 1.807) is 6.07 Å². The summed E-state index contributed by atoms with van der Waals surface area (Å²) in [6, 6.07) is 1.94. The Hall–Kier alpha value is -1.36. The molecule has 5 heteroatoms. The lowest BCUT2D eigenvalue weighted by molar-refractivity contribution is 0.477. The molecule has 0 saturated carbocycles. The Morgan fingerprint density at radius 2 is 2.47 bits per heavy atom. The van der Waals surface area contributed by atoms with E-state index < -0.39 is 0 Å². The van der Waals surface area contributed by atoms with Gasteiger partial charge in [-0.05, 0) is 25.8 Å². The smallest absolute Gasteiger partial charge is 0.252 e. The van der Waals surface area contributed by atoms with Crippen LogP contribution in [0.1, 0.15) is 31.9 Å². The standard InChI is InChI=1S/C12H20N4O/c1-2-4-9-7-11(17)16-12(14-9)15-10-5-3-6-13-8-10/h7,10,13H,2-6,8H2,1H3,(H2,14,15,16,17). The summed E-state index contributed by atoms with van der Waals surface area (Å²) in [6.45, 7) is 4.10. The van der Waals surface area contributed by atoms with Gasteiger partial charge in [0.25, 0.3) is 5.56 Å². The number of anilines is 1. The summed E-state index contributed by atoms with van der Waals surface area (Å²) in [5.74, 6) is 0.606. The quantitative estimate of drug-likeness (QED) is 0.726. The van der Waals surface area contributed by atoms with Gasteiger partial charge in [-0.3, -0.25) is 9.78 Å². The lowest BCUT2D eigenvalue weighted by Crippen LogP contribution is -2.39. The number of hydrogen-bond donors (Lipinski definition) is 3. The van der Waals surface area contributed by atoms with Gasteiger partial charge in [-0.25, -0.2) is 4.98 Å². The van der Waals surface area contributed by atoms with Crippen molar-refractivity contribution in [1.29, 1.82) is 0 Å². The molecule has 1 aromatic heterocycles. The highest BCUT2D eigenvalue weighted by molar-refractivity contribution is 5.27. The lowest BCUT2D eigenvalue weighted by atomic mass is 10.1. The van der Waals surface area contributed by atoms with Crippen molar-refractivity contribution in [3.05, 3.63) is 22.1 Å². The molecule has 0 bridgehead atoms. The minimum atomic E-state index is -0.0743. The van der Waals surface area contributed by atoms with Gasteiger partial charge in [-0.1, -0.05) is 13.3 Å². The number of aryl methyl sites for hydroxylation is 1. The van der Waals surface area contributed by atoms with E-state index in [-0.39, 0.29) is 5.56 Å². The van der Waals surface area contributed by atoms with Gasteiger partial charge in [-0.2, -0.15) is 0 Å². The van der Waals surface area contributed by atoms with E-state index in [0.29, 0.717) is 12.0 Å². The Kier molecular flexibility index (Phi) is 4.14. The summed E-state index contributed by atoms with van der Waals surface area (Å²) in [5.41, 5.74) is 0.789. The highest BCUT2D eigenvalue weighted by Crippen LogP contribution is 2.07. The first-order valence-corrected chi connectivity index (χ1v) is 6.35. The molecule has 2 heterocycles. The van der Waals surface area contributed by atoms with Crippen LogP contribution in [0.5, 0.6) is 0 Å². The van der Waals surface area contributed by atoms with Gasteiger partial charge in [-0.15, -0.1) is 0 Å². The number of aromatic nitrogens is 2. The molecule has 94 valence electrons. The van der Waals surface area contributed by atoms with Crippen molar-refractivity contribution >= 4 is 5.95 Å². The largest absolute Gasteiger partial charge is 0.352 e. The molecule has 3 N–H and O–H groups in total. The van der Waals surface area contributed by atoms with E-state index in [1.165, 1.54) is 0 Å². The van der Waals surface area contributed by atoms with Crippen molar-refractivity contribution in [1.82, 2.24) is 15.3 Å². The summed E-state index contributed by atoms with van der Waals surface area (Å²) >= 11 is 0. The maximum atomic E-state index is 11.5. The topological polar surface area (TPSA) is 69.8 Å². The predicted molar refractivity (Wildman–Crippen MR) is 68.4 cm³/mol. The third kappa shape index (κ3) is 3.56. The number of nitrogens with one attached hydrogen (secondary N) is 3. The van der Waals surface area contributed by atoms with Gasteiger partial charge in [0.15, 0.2) is 0 Å². The Bertz CT molecular complexity index is 409. The molecule has 0 aliphatic carbocycles. The molecule has 17 heavy (non-hydrogen) atoms. The maximum Gasteiger partial charge on any atom is 0.252 e. The first-order chi connectivity index (χ1) is 8.28. The average Bonchev–Trinajstić information content (AvgIpc) is 2.30. The van der Waals surface area contributed by atoms with Crippen molar-refractivity contribution in [3.63, 3.8) is 0 Å². The molecular formula is C12H20N4O. The Labute approximate surface area is 101 Å². The third-order valence-electron chi connectivity index (χ3n) is 2.94. The fourth-order valence-corrected chi connectivity index (χ4v) is 2.13. The van der Waals surface area contributed by atoms with Gasteiger partial charge in [0.2, 0.25) is 5.95 Å². The summed E-state index contributed by atoms with van der Waals surface area (Å²) < 4.78 is 0. The normalized spacial score (nSPS) is 20.2. The number of rotatable bonds is 4. The molecule has 0 amide bonds. The summed E-state index contributed by atoms with van der Waals surface area (Å²) in [5, 5.41) is 6.62. The van der Waals surface area contributed by atoms with E-state index in [0.717, 1.165) is 44.5 Å². The summed E-state index contributed by atoms with van der Waals surface area (Å²) in [6.07, 6.45) is 4.13. The molecular weight excluding hydrogens is 216 g/mol. The molecule has 0 radical (unpaired) electrons. The van der Waals surface area contributed by atoms with Crippen molar-refractivity contribution < 1.29 is 0 Å². The molecule has 1 aromatic rings. The van der Waals surface area contributed by atoms with Crippen LogP contribution in [0.4, 0.5) is 5.95 Å². The van der Waals surface area contributed by atoms with Gasteiger partial charge >= 0.3 is 0 Å². The number of nitrogens with zero attached hydrogens (tertiary/aromatic N) is 1. The van der Waals surface area contributed by atoms with Crippen LogP contribution in [-0.4, -0.2) is 29.1 Å². The van der Waals surface area contributed by atoms with Gasteiger partial charge in [0.1, 0.15) is 0 Å². The second kappa shape index (κ2) is 5.82. The van der Waals surface area contributed by atoms with Gasteiger partial charge in [0.05, 0.1) is 0 Å². The van der Waals surface area contributed by atoms with Gasteiger partial charge in [0, 0.05) is 24.3 Å². The van der Waals surface area contributed by atoms with Crippen molar-refractivity contribution in [2.45, 2.75) is 38.6 Å². The van der Waals surface area contributed by atoms with E-state index in [9.17, 15) is 4.79 Å². The predicted octanol–water partition coefficient (Wildman–Crippen LogP) is 0.886. The Balaban J connectivity index is 2.06. The van der Waals surface area contributed by atoms with Crippen LogP contribution in [0.3, 0.4) is 0 Å². The fourth-order valence-electron chi connectivity index (χ4n) is 2.13. The fraction of sp³-hybridized carbons (Fsp3) is 0.667. The zero-order valence-electron chi connectivity index (χ0n) is 10.3. The number of H-pyrrole nitrogens is 1. The second-order valence-corrected chi connectivity index (χ2v) is 4.52. The van der Waals surface area contributed by atoms with Crippen molar-refractivity contribution in [3.8, 4) is 0 Å². The lowest BCUT2D eigenvalue weighted by Gasteiger charge is -2.24. The van der Waals surface area contributed by atoms with E-state index in [2.05, 4.69) is 27.5 Å². The van der Waals surface area contributed by atoms with E-state index in [4.69, 9.17) is 0 Å². The van der Waals surface area contributed by atoms with Crippen LogP contribution < -0.4 is 16.2 Å². The van der Waals surface area contributed by atoms with E-state index >= 15 is 0 Å². The molecule has 2 rings (SSSR count). The molecule has 1 aliphatic rings. The van der Waals surface area contributed by atoms with Crippen molar-refractivity contribution in [2.75, 3.05) is 18.4 Å². The first kappa shape index (κ1) is 12.1. The summed E-state index contributed by atoms with van der Waals surface area (Å²) in [4.78, 5) is 18.6. The minimum Gasteiger partial charge on any atom is -0.352 e. The van der Waals surface area contributed by atoms with Crippen LogP contribution in [0, 0.1) is 0 Å². The molecule has 1 aliphatic heterocycles. The SMILES string of the molecule is CCCc1cc(=O)[nH]c(NC2CCCNC2)n1. The number of hydrogen-bond acceptors (Lipinski definition) is 4. The molecule has 1 saturated heterocycles. The first-order valence-electron chi connectivity index (χ1n) is 6.35. The third-order valence-corrected chi connectivity index (χ3v) is 2.94. The highest BCUT2D eigenvalue weighted by Gasteiger charge is 2.13. The molecule has 0 aromatic carbocycles. The van der Waals surface area contributed by atoms with E-state index in [1.807, 2.05) is 0 Å². The molecule has 0 spiro atoms. The van der Waals surface area contributed by atoms with Crippen LogP contribution in [0.2, 0.25) is 0 Å². The molecule has 5 nitrogen and oxygen atoms in total. The maximum absolute atomic E-state index is 11.5. The zero-order valence-corrected chi connectivity index (χ0v) is 10.3. The van der Waals surface area contributed by atoms with Crippen LogP contribution in [0.15, 0.2) is 10.9 Å². The summed E-state index contributed by atoms with van der Waals surface area (Å²) in [7, 11) is 0. The van der Waals surface area contributed by atoms with Crippen molar-refractivity contribution in [2.24, 2.45) is 0 Å². The number of aromatic amines is 1. The Morgan fingerprint density at radius 3 is 3.18 bits per heavy atom. The van der Waals surface area contributed by atoms with Gasteiger partial charge < -0.3 is 10.6 Å². The van der Waals surface area contributed by atoms with Crippen LogP contribution >= 0.6 is 0 Å². The van der Waals surface area contributed by atoms with Crippen LogP contribution in [-0.2, 0) is 6.42 Å². The average molecular weight is 236 g/mol. The van der Waals surface area contributed by atoms with Crippen LogP contribution in [0.25, 0.3) is 0 Å². The number of piperidine rings is 1. The molecule has 1 fully saturated rings. The molecule has 1 unspecified atom stereocenters.